The van der Waals surface area contributed by atoms with Crippen LogP contribution < -0.4 is 0 Å². The van der Waals surface area contributed by atoms with Crippen molar-refractivity contribution in [3.63, 3.8) is 0 Å². The fourth-order valence-corrected chi connectivity index (χ4v) is 5.68. The highest BCUT2D eigenvalue weighted by molar-refractivity contribution is 5.73. The Morgan fingerprint density at radius 3 is 1.57 bits per heavy atom. The summed E-state index contributed by atoms with van der Waals surface area (Å²) in [6.07, 6.45) is -32.3. The quantitative estimate of drug-likeness (QED) is 0.104. The van der Waals surface area contributed by atoms with Gasteiger partial charge in [-0.2, -0.15) is 0 Å². The molecule has 0 bridgehead atoms. The van der Waals surface area contributed by atoms with Crippen LogP contribution in [0.2, 0.25) is 0 Å². The lowest BCUT2D eigenvalue weighted by molar-refractivity contribution is -0.401. The van der Waals surface area contributed by atoms with Gasteiger partial charge in [0.1, 0.15) is 73.2 Å². The van der Waals surface area contributed by atoms with Gasteiger partial charge < -0.3 is 89.0 Å². The van der Waals surface area contributed by atoms with E-state index in [0.717, 1.165) is 0 Å². The number of carboxylic acids is 1. The molecule has 0 amide bonds. The van der Waals surface area contributed by atoms with E-state index in [1.807, 2.05) is 6.92 Å². The van der Waals surface area contributed by atoms with Crippen LogP contribution in [-0.2, 0) is 42.7 Å². The smallest absolute Gasteiger partial charge is 0.335 e. The summed E-state index contributed by atoms with van der Waals surface area (Å²) in [6, 6.07) is 0. The van der Waals surface area contributed by atoms with Crippen molar-refractivity contribution in [2.75, 3.05) is 6.61 Å². The zero-order valence-electron chi connectivity index (χ0n) is 25.6. The van der Waals surface area contributed by atoms with Crippen LogP contribution in [0.5, 0.6) is 0 Å². The molecule has 4 heterocycles. The molecule has 4 aliphatic heterocycles. The van der Waals surface area contributed by atoms with Crippen molar-refractivity contribution >= 4 is 5.97 Å². The number of aliphatic carboxylic acids is 1. The van der Waals surface area contributed by atoms with Crippen LogP contribution in [0.25, 0.3) is 0 Å². The largest absolute Gasteiger partial charge is 0.479 e. The maximum Gasteiger partial charge on any atom is 0.335 e. The molecule has 0 unspecified atom stereocenters. The highest BCUT2D eigenvalue weighted by Gasteiger charge is 2.56. The zero-order valence-corrected chi connectivity index (χ0v) is 25.6. The number of ether oxygens (including phenoxy) is 8. The molecule has 46 heavy (non-hydrogen) atoms. The van der Waals surface area contributed by atoms with Crippen molar-refractivity contribution in [3.05, 3.63) is 0 Å². The first-order valence-electron chi connectivity index (χ1n) is 15.1. The van der Waals surface area contributed by atoms with Gasteiger partial charge in [-0.3, -0.25) is 0 Å². The lowest BCUT2D eigenvalue weighted by atomic mass is 9.95. The first kappa shape index (κ1) is 37.6. The molecule has 0 aromatic heterocycles. The van der Waals surface area contributed by atoms with Crippen LogP contribution in [0.1, 0.15) is 34.1 Å². The summed E-state index contributed by atoms with van der Waals surface area (Å²) in [6.45, 7) is 6.30. The van der Waals surface area contributed by atoms with E-state index >= 15 is 0 Å². The van der Waals surface area contributed by atoms with E-state index in [4.69, 9.17) is 37.9 Å². The van der Waals surface area contributed by atoms with Gasteiger partial charge in [-0.25, -0.2) is 4.79 Å². The van der Waals surface area contributed by atoms with Gasteiger partial charge in [0, 0.05) is 6.61 Å². The van der Waals surface area contributed by atoms with Crippen molar-refractivity contribution in [2.45, 2.75) is 157 Å². The van der Waals surface area contributed by atoms with E-state index in [-0.39, 0.29) is 6.61 Å². The lowest BCUT2D eigenvalue weighted by Crippen LogP contribution is -2.68. The van der Waals surface area contributed by atoms with Crippen LogP contribution in [0, 0.1) is 0 Å². The summed E-state index contributed by atoms with van der Waals surface area (Å²) in [5, 5.41) is 105. The molecule has 19 nitrogen and oxygen atoms in total. The second-order valence-corrected chi connectivity index (χ2v) is 12.0. The van der Waals surface area contributed by atoms with Gasteiger partial charge in [-0.05, 0) is 27.2 Å². The van der Waals surface area contributed by atoms with Crippen molar-refractivity contribution < 1.29 is 93.8 Å². The Morgan fingerprint density at radius 2 is 0.978 bits per heavy atom. The molecule has 4 saturated heterocycles. The van der Waals surface area contributed by atoms with E-state index in [2.05, 4.69) is 0 Å². The van der Waals surface area contributed by atoms with E-state index in [1.165, 1.54) is 20.8 Å². The highest BCUT2D eigenvalue weighted by Crippen LogP contribution is 2.36. The molecule has 0 aliphatic carbocycles. The van der Waals surface area contributed by atoms with Gasteiger partial charge in [0.2, 0.25) is 0 Å². The third-order valence-electron chi connectivity index (χ3n) is 8.52. The van der Waals surface area contributed by atoms with Crippen LogP contribution >= 0.6 is 0 Å². The van der Waals surface area contributed by atoms with Crippen LogP contribution in [0.3, 0.4) is 0 Å². The number of rotatable bonds is 10. The second-order valence-electron chi connectivity index (χ2n) is 12.0. The predicted octanol–water partition coefficient (Wildman–Crippen LogP) is -5.14. The van der Waals surface area contributed by atoms with Gasteiger partial charge >= 0.3 is 5.97 Å². The molecule has 4 fully saturated rings. The average molecular weight is 675 g/mol. The number of hydrogen-bond acceptors (Lipinski definition) is 18. The average Bonchev–Trinajstić information content (AvgIpc) is 3.01. The number of carbonyl (C=O) groups is 1. The van der Waals surface area contributed by atoms with Crippen LogP contribution in [0.4, 0.5) is 0 Å². The summed E-state index contributed by atoms with van der Waals surface area (Å²) >= 11 is 0. The van der Waals surface area contributed by atoms with Gasteiger partial charge in [0.05, 0.1) is 18.3 Å². The molecule has 0 aromatic rings. The van der Waals surface area contributed by atoms with Gasteiger partial charge in [0.25, 0.3) is 0 Å². The molecule has 0 spiro atoms. The molecule has 20 atom stereocenters. The molecular formula is C27H46O19. The van der Waals surface area contributed by atoms with E-state index < -0.39 is 129 Å². The van der Waals surface area contributed by atoms with Crippen molar-refractivity contribution in [1.29, 1.82) is 0 Å². The Morgan fingerprint density at radius 1 is 0.522 bits per heavy atom. The lowest BCUT2D eigenvalue weighted by Gasteiger charge is -2.50. The summed E-state index contributed by atoms with van der Waals surface area (Å²) < 4.78 is 45.5. The minimum Gasteiger partial charge on any atom is -0.479 e. The first-order valence-corrected chi connectivity index (χ1v) is 15.1. The maximum atomic E-state index is 11.7. The van der Waals surface area contributed by atoms with Gasteiger partial charge in [-0.1, -0.05) is 6.92 Å². The van der Waals surface area contributed by atoms with Crippen LogP contribution in [0.15, 0.2) is 0 Å². The van der Waals surface area contributed by atoms with E-state index in [0.29, 0.717) is 6.42 Å². The Kier molecular flexibility index (Phi) is 12.7. The molecule has 0 radical (unpaired) electrons. The SMILES string of the molecule is CCCO[C@H]1O[C@H](C)[C@H](O)[C@H](O[C@H]2O[C@H](C)[C@H](O)[C@H](O[C@H]3O[C@H](C)[C@H](O)[C@H](O)[C@H]3O)[C@H]2O[C@H]2O[C@H](C(=O)O)[C@@H](O)[C@H](O)[C@H]2O)[C@H]1O. The van der Waals surface area contributed by atoms with Crippen molar-refractivity contribution in [1.82, 2.24) is 0 Å². The molecule has 0 aromatic carbocycles. The van der Waals surface area contributed by atoms with E-state index in [1.54, 1.807) is 0 Å². The highest BCUT2D eigenvalue weighted by atomic mass is 16.8. The summed E-state index contributed by atoms with van der Waals surface area (Å²) in [5.74, 6) is -1.71. The summed E-state index contributed by atoms with van der Waals surface area (Å²) in [5.41, 5.74) is 0. The fraction of sp³-hybridized carbons (Fsp3) is 0.963. The molecule has 10 N–H and O–H groups in total. The Bertz CT molecular complexity index is 991. The van der Waals surface area contributed by atoms with Crippen LogP contribution in [-0.4, -0.2) is 186 Å². The molecule has 19 heteroatoms. The minimum atomic E-state index is -2.08. The molecule has 0 saturated carbocycles. The standard InChI is InChI=1S/C27H46O19/c1-5-6-39-24-18(36)19(11(29)8(3)40-24)43-27-22(46-26-17(35)14(32)15(33)21(45-26)23(37)38)20(12(30)9(4)42-27)44-25-16(34)13(31)10(28)7(2)41-25/h7-22,24-36H,5-6H2,1-4H3,(H,37,38)/t7-,8-,9-,10+,11+,12+,13+,14+,15+,16-,17-,18-,19+,20+,21+,22-,24+,25-,26-,27-/m1/s1. The fourth-order valence-electron chi connectivity index (χ4n) is 5.68. The number of carboxylic acid groups (broad SMARTS) is 1. The monoisotopic (exact) mass is 674 g/mol. The molecule has 4 aliphatic rings. The normalized spacial score (nSPS) is 51.9. The minimum absolute atomic E-state index is 0.195. The number of hydrogen-bond donors (Lipinski definition) is 10. The van der Waals surface area contributed by atoms with E-state index in [9.17, 15) is 55.9 Å². The maximum absolute atomic E-state index is 11.7. The third-order valence-corrected chi connectivity index (χ3v) is 8.52. The second kappa shape index (κ2) is 15.6. The number of aliphatic hydroxyl groups is 9. The van der Waals surface area contributed by atoms with Crippen molar-refractivity contribution in [2.24, 2.45) is 0 Å². The van der Waals surface area contributed by atoms with Gasteiger partial charge in [-0.15, -0.1) is 0 Å². The third kappa shape index (κ3) is 7.66. The Balaban J connectivity index is 1.68. The van der Waals surface area contributed by atoms with Gasteiger partial charge in [0.15, 0.2) is 31.3 Å². The first-order chi connectivity index (χ1) is 21.6. The molecule has 4 rings (SSSR count). The molecule has 268 valence electrons. The Labute approximate surface area is 263 Å². The zero-order chi connectivity index (χ0) is 34.2. The summed E-state index contributed by atoms with van der Waals surface area (Å²) in [7, 11) is 0. The predicted molar refractivity (Wildman–Crippen MR) is 144 cm³/mol. The molecular weight excluding hydrogens is 628 g/mol. The number of aliphatic hydroxyl groups excluding tert-OH is 9. The summed E-state index contributed by atoms with van der Waals surface area (Å²) in [4.78, 5) is 11.7. The van der Waals surface area contributed by atoms with Crippen molar-refractivity contribution in [3.8, 4) is 0 Å². The Hall–Kier alpha value is -1.21. The topological polar surface area (TPSA) is 293 Å².